The molecule has 0 radical (unpaired) electrons. The fourth-order valence-corrected chi connectivity index (χ4v) is 6.90. The monoisotopic (exact) mass is 493 g/mol. The summed E-state index contributed by atoms with van der Waals surface area (Å²) in [5, 5.41) is 25.8. The van der Waals surface area contributed by atoms with Crippen LogP contribution in [0.2, 0.25) is 0 Å². The number of nitrogens with one attached hydrogen (secondary N) is 1. The zero-order chi connectivity index (χ0) is 26.3. The molecule has 2 fully saturated rings. The average molecular weight is 494 g/mol. The van der Waals surface area contributed by atoms with E-state index in [1.807, 2.05) is 49.4 Å². The van der Waals surface area contributed by atoms with Crippen LogP contribution in [0, 0.1) is 29.1 Å². The van der Waals surface area contributed by atoms with Crippen molar-refractivity contribution in [3.05, 3.63) is 72.4 Å². The van der Waals surface area contributed by atoms with E-state index in [2.05, 4.69) is 18.8 Å². The van der Waals surface area contributed by atoms with Crippen molar-refractivity contribution in [1.29, 1.82) is 0 Å². The SMILES string of the molecule is C=C1[C@@H](C)[C@H]2[C@H](Cc3ccccc3)NC(=O)C23[C@H](OC(C)=O)C=C[C@@](C)(O)C[C@@H](C)CC=C[C@H]3[C@@H]1O. The average Bonchev–Trinajstić information content (AvgIpc) is 3.08. The van der Waals surface area contributed by atoms with Crippen LogP contribution in [0.3, 0.4) is 0 Å². The van der Waals surface area contributed by atoms with Crippen LogP contribution in [0.4, 0.5) is 0 Å². The summed E-state index contributed by atoms with van der Waals surface area (Å²) in [5.41, 5.74) is -0.635. The molecule has 3 N–H and O–H groups in total. The van der Waals surface area contributed by atoms with Crippen molar-refractivity contribution >= 4 is 11.9 Å². The number of aliphatic hydroxyl groups is 2. The summed E-state index contributed by atoms with van der Waals surface area (Å²) in [6, 6.07) is 9.73. The van der Waals surface area contributed by atoms with Crippen molar-refractivity contribution in [1.82, 2.24) is 5.32 Å². The number of rotatable bonds is 3. The molecule has 1 saturated heterocycles. The second-order valence-corrected chi connectivity index (χ2v) is 11.3. The van der Waals surface area contributed by atoms with Gasteiger partial charge in [0.2, 0.25) is 5.91 Å². The molecule has 1 aromatic carbocycles. The predicted molar refractivity (Wildman–Crippen MR) is 139 cm³/mol. The number of amides is 1. The van der Waals surface area contributed by atoms with E-state index < -0.39 is 35.1 Å². The molecule has 1 aliphatic heterocycles. The van der Waals surface area contributed by atoms with Crippen LogP contribution in [-0.2, 0) is 20.7 Å². The number of hydrogen-bond donors (Lipinski definition) is 3. The van der Waals surface area contributed by atoms with Crippen LogP contribution in [0.5, 0.6) is 0 Å². The summed E-state index contributed by atoms with van der Waals surface area (Å²) < 4.78 is 5.89. The summed E-state index contributed by atoms with van der Waals surface area (Å²) in [6.07, 6.45) is 7.09. The number of aliphatic hydroxyl groups excluding tert-OH is 1. The van der Waals surface area contributed by atoms with Gasteiger partial charge in [0, 0.05) is 24.8 Å². The Bertz CT molecular complexity index is 1060. The maximum absolute atomic E-state index is 14.2. The molecule has 2 aliphatic carbocycles. The summed E-state index contributed by atoms with van der Waals surface area (Å²) in [4.78, 5) is 26.5. The van der Waals surface area contributed by atoms with Crippen LogP contribution in [0.15, 0.2) is 66.8 Å². The lowest BCUT2D eigenvalue weighted by Crippen LogP contribution is -2.60. The summed E-state index contributed by atoms with van der Waals surface area (Å²) in [5.74, 6) is -1.75. The topological polar surface area (TPSA) is 95.9 Å². The Labute approximate surface area is 214 Å². The lowest BCUT2D eigenvalue weighted by atomic mass is 9.51. The number of esters is 1. The van der Waals surface area contributed by atoms with Gasteiger partial charge < -0.3 is 20.3 Å². The third kappa shape index (κ3) is 4.69. The lowest BCUT2D eigenvalue weighted by Gasteiger charge is -2.52. The summed E-state index contributed by atoms with van der Waals surface area (Å²) in [7, 11) is 0. The fraction of sp³-hybridized carbons (Fsp3) is 0.533. The fourth-order valence-electron chi connectivity index (χ4n) is 6.90. The number of carbonyl (C=O) groups excluding carboxylic acids is 2. The Morgan fingerprint density at radius 3 is 2.58 bits per heavy atom. The van der Waals surface area contributed by atoms with Gasteiger partial charge >= 0.3 is 5.97 Å². The van der Waals surface area contributed by atoms with E-state index in [-0.39, 0.29) is 29.7 Å². The Kier molecular flexibility index (Phi) is 7.31. The first-order chi connectivity index (χ1) is 17.0. The van der Waals surface area contributed by atoms with Crippen LogP contribution in [0.1, 0.15) is 46.1 Å². The molecule has 6 nitrogen and oxygen atoms in total. The van der Waals surface area contributed by atoms with Crippen LogP contribution < -0.4 is 5.32 Å². The number of ether oxygens (including phenoxy) is 1. The third-order valence-corrected chi connectivity index (χ3v) is 8.43. The Morgan fingerprint density at radius 1 is 1.22 bits per heavy atom. The molecule has 9 atom stereocenters. The second-order valence-electron chi connectivity index (χ2n) is 11.3. The van der Waals surface area contributed by atoms with E-state index in [0.717, 1.165) is 5.56 Å². The zero-order valence-corrected chi connectivity index (χ0v) is 21.7. The van der Waals surface area contributed by atoms with Gasteiger partial charge in [-0.25, -0.2) is 0 Å². The maximum Gasteiger partial charge on any atom is 0.303 e. The van der Waals surface area contributed by atoms with Crippen molar-refractivity contribution in [2.45, 2.75) is 70.8 Å². The normalized spacial score (nSPS) is 40.6. The van der Waals surface area contributed by atoms with E-state index in [4.69, 9.17) is 4.74 Å². The largest absolute Gasteiger partial charge is 0.457 e. The van der Waals surface area contributed by atoms with E-state index in [0.29, 0.717) is 24.8 Å². The lowest BCUT2D eigenvalue weighted by molar-refractivity contribution is -0.166. The molecule has 3 aliphatic rings. The minimum absolute atomic E-state index is 0.170. The predicted octanol–water partition coefficient (Wildman–Crippen LogP) is 3.74. The quantitative estimate of drug-likeness (QED) is 0.440. The van der Waals surface area contributed by atoms with Gasteiger partial charge in [0.15, 0.2) is 0 Å². The van der Waals surface area contributed by atoms with Gasteiger partial charge in [0.25, 0.3) is 0 Å². The van der Waals surface area contributed by atoms with E-state index in [9.17, 15) is 19.8 Å². The van der Waals surface area contributed by atoms with Gasteiger partial charge in [0.1, 0.15) is 11.5 Å². The number of carbonyl (C=O) groups is 2. The highest BCUT2D eigenvalue weighted by molar-refractivity contribution is 5.89. The first-order valence-corrected chi connectivity index (χ1v) is 12.9. The minimum Gasteiger partial charge on any atom is -0.457 e. The van der Waals surface area contributed by atoms with Crippen LogP contribution >= 0.6 is 0 Å². The van der Waals surface area contributed by atoms with Crippen molar-refractivity contribution in [3.8, 4) is 0 Å². The van der Waals surface area contributed by atoms with Crippen molar-refractivity contribution in [2.75, 3.05) is 0 Å². The molecular formula is C30H39NO5. The molecule has 0 aromatic heterocycles. The van der Waals surface area contributed by atoms with E-state index in [1.165, 1.54) is 6.92 Å². The van der Waals surface area contributed by atoms with Crippen LogP contribution in [0.25, 0.3) is 0 Å². The maximum atomic E-state index is 14.2. The second kappa shape index (κ2) is 9.98. The first kappa shape index (κ1) is 26.4. The first-order valence-electron chi connectivity index (χ1n) is 12.9. The van der Waals surface area contributed by atoms with E-state index in [1.54, 1.807) is 19.1 Å². The van der Waals surface area contributed by atoms with Crippen LogP contribution in [-0.4, -0.2) is 45.9 Å². The number of benzene rings is 1. The van der Waals surface area contributed by atoms with Crippen molar-refractivity contribution in [2.24, 2.45) is 29.1 Å². The Balaban J connectivity index is 1.92. The molecule has 6 heteroatoms. The standard InChI is InChI=1S/C30H39NO5/c1-18-10-9-13-23-27(33)20(3)19(2)26-24(16-22-11-7-6-8-12-22)31-28(34)30(23,26)25(36-21(4)32)14-15-29(5,35)17-18/h6-9,11-15,18-19,23-27,33,35H,3,10,16-17H2,1-2,4-5H3,(H,31,34)/t18-,19+,23-,24-,25+,26-,27+,29+,30?/m0/s1. The molecule has 0 bridgehead atoms. The molecule has 1 amide bonds. The smallest absolute Gasteiger partial charge is 0.303 e. The van der Waals surface area contributed by atoms with Gasteiger partial charge in [0.05, 0.1) is 11.7 Å². The number of allylic oxidation sites excluding steroid dienone is 1. The highest BCUT2D eigenvalue weighted by Gasteiger charge is 2.68. The van der Waals surface area contributed by atoms with Gasteiger partial charge in [-0.15, -0.1) is 0 Å². The highest BCUT2D eigenvalue weighted by Crippen LogP contribution is 2.58. The molecule has 1 heterocycles. The molecule has 1 saturated carbocycles. The van der Waals surface area contributed by atoms with Gasteiger partial charge in [-0.05, 0) is 55.2 Å². The molecule has 194 valence electrons. The molecular weight excluding hydrogens is 454 g/mol. The van der Waals surface area contributed by atoms with Crippen molar-refractivity contribution in [3.63, 3.8) is 0 Å². The van der Waals surface area contributed by atoms with Crippen molar-refractivity contribution < 1.29 is 24.5 Å². The Morgan fingerprint density at radius 2 is 1.92 bits per heavy atom. The van der Waals surface area contributed by atoms with Gasteiger partial charge in [-0.2, -0.15) is 0 Å². The molecule has 1 spiro atoms. The molecule has 36 heavy (non-hydrogen) atoms. The third-order valence-electron chi connectivity index (χ3n) is 8.43. The Hall–Kier alpha value is -2.70. The summed E-state index contributed by atoms with van der Waals surface area (Å²) in [6.45, 7) is 11.3. The highest BCUT2D eigenvalue weighted by atomic mass is 16.5. The zero-order valence-electron chi connectivity index (χ0n) is 21.7. The number of hydrogen-bond acceptors (Lipinski definition) is 5. The minimum atomic E-state index is -1.26. The molecule has 1 unspecified atom stereocenters. The molecule has 4 rings (SSSR count). The summed E-state index contributed by atoms with van der Waals surface area (Å²) >= 11 is 0. The molecule has 1 aromatic rings. The van der Waals surface area contributed by atoms with Gasteiger partial charge in [-0.3, -0.25) is 9.59 Å². The van der Waals surface area contributed by atoms with E-state index >= 15 is 0 Å². The van der Waals surface area contributed by atoms with Gasteiger partial charge in [-0.1, -0.05) is 69.0 Å².